The maximum Gasteiger partial charge on any atom is 0.347 e. The van der Waals surface area contributed by atoms with Gasteiger partial charge in [0.1, 0.15) is 0 Å². The van der Waals surface area contributed by atoms with E-state index in [1.165, 1.54) is 6.21 Å². The topological polar surface area (TPSA) is 59.4 Å². The monoisotopic (exact) mass is 390 g/mol. The minimum atomic E-state index is -0.590. The minimum Gasteiger partial charge on any atom is -0.363 e. The van der Waals surface area contributed by atoms with Gasteiger partial charge in [0.25, 0.3) is 0 Å². The highest BCUT2D eigenvalue weighted by Crippen LogP contribution is 2.16. The maximum absolute atomic E-state index is 13.8. The fraction of sp³-hybridized carbons (Fsp3) is 0.0556. The van der Waals surface area contributed by atoms with Gasteiger partial charge in [0, 0.05) is 16.6 Å². The Morgan fingerprint density at radius 3 is 2.38 bits per heavy atom. The molecule has 0 amide bonds. The molecule has 3 aromatic rings. The van der Waals surface area contributed by atoms with Crippen LogP contribution in [-0.2, 0) is 6.54 Å². The molecule has 0 atom stereocenters. The molecule has 3 rings (SSSR count). The van der Waals surface area contributed by atoms with Gasteiger partial charge in [0.2, 0.25) is 0 Å². The molecule has 0 bridgehead atoms. The van der Waals surface area contributed by atoms with Crippen LogP contribution in [0.15, 0.2) is 59.9 Å². The fourth-order valence-electron chi connectivity index (χ4n) is 1.99. The number of nitrogens with one attached hydrogen (secondary N) is 1. The van der Waals surface area contributed by atoms with Crippen LogP contribution >= 0.6 is 23.2 Å². The molecule has 0 radical (unpaired) electrons. The number of hydrogen-bond donors (Lipinski definition) is 1. The van der Waals surface area contributed by atoms with Crippen LogP contribution in [0.5, 0.6) is 6.01 Å². The molecular formula is C18H13Cl2FN4O. The van der Waals surface area contributed by atoms with Crippen LogP contribution in [0.25, 0.3) is 0 Å². The van der Waals surface area contributed by atoms with Gasteiger partial charge in [-0.2, -0.15) is 9.97 Å². The van der Waals surface area contributed by atoms with E-state index in [0.29, 0.717) is 16.6 Å². The molecule has 0 fully saturated rings. The normalized spacial score (nSPS) is 10.9. The van der Waals surface area contributed by atoms with Crippen LogP contribution in [0.2, 0.25) is 10.0 Å². The molecule has 0 saturated carbocycles. The molecular weight excluding hydrogens is 378 g/mol. The molecule has 1 N–H and O–H groups in total. The average Bonchev–Trinajstić information content (AvgIpc) is 2.65. The molecule has 0 aliphatic rings. The van der Waals surface area contributed by atoms with E-state index in [9.17, 15) is 4.39 Å². The zero-order valence-electron chi connectivity index (χ0n) is 13.4. The summed E-state index contributed by atoms with van der Waals surface area (Å²) in [4.78, 5) is 12.8. The number of halogens is 3. The van der Waals surface area contributed by atoms with Gasteiger partial charge >= 0.3 is 6.01 Å². The lowest BCUT2D eigenvalue weighted by atomic mass is 10.2. The second-order valence-electron chi connectivity index (χ2n) is 5.21. The van der Waals surface area contributed by atoms with Crippen molar-refractivity contribution in [2.45, 2.75) is 6.54 Å². The molecule has 1 heterocycles. The molecule has 2 aromatic carbocycles. The van der Waals surface area contributed by atoms with Crippen molar-refractivity contribution in [3.63, 3.8) is 0 Å². The summed E-state index contributed by atoms with van der Waals surface area (Å²) in [5, 5.41) is 7.93. The zero-order valence-corrected chi connectivity index (χ0v) is 14.9. The Bertz CT molecular complexity index is 902. The third kappa shape index (κ3) is 5.15. The highest BCUT2D eigenvalue weighted by atomic mass is 35.5. The Kier molecular flexibility index (Phi) is 5.99. The van der Waals surface area contributed by atoms with Crippen molar-refractivity contribution in [3.05, 3.63) is 81.7 Å². The Morgan fingerprint density at radius 1 is 1.04 bits per heavy atom. The first kappa shape index (κ1) is 18.1. The quantitative estimate of drug-likeness (QED) is 0.477. The minimum absolute atomic E-state index is 0.0200. The van der Waals surface area contributed by atoms with Gasteiger partial charge in [-0.25, -0.2) is 4.39 Å². The van der Waals surface area contributed by atoms with Gasteiger partial charge in [-0.15, -0.1) is 0 Å². The molecule has 0 aliphatic carbocycles. The Morgan fingerprint density at radius 2 is 1.69 bits per heavy atom. The summed E-state index contributed by atoms with van der Waals surface area (Å²) in [5.41, 5.74) is 1.72. The van der Waals surface area contributed by atoms with Gasteiger partial charge in [-0.05, 0) is 35.4 Å². The van der Waals surface area contributed by atoms with E-state index in [-0.39, 0.29) is 11.8 Å². The van der Waals surface area contributed by atoms with E-state index >= 15 is 0 Å². The zero-order chi connectivity index (χ0) is 18.4. The molecule has 0 spiro atoms. The lowest BCUT2D eigenvalue weighted by Gasteiger charge is -2.07. The van der Waals surface area contributed by atoms with Crippen molar-refractivity contribution in [1.82, 2.24) is 9.97 Å². The van der Waals surface area contributed by atoms with Crippen molar-refractivity contribution in [2.75, 3.05) is 5.32 Å². The van der Waals surface area contributed by atoms with Crippen molar-refractivity contribution in [3.8, 4) is 6.01 Å². The summed E-state index contributed by atoms with van der Waals surface area (Å²) in [6.45, 7) is 0.374. The van der Waals surface area contributed by atoms with Gasteiger partial charge in [-0.3, -0.25) is 0 Å². The summed E-state index contributed by atoms with van der Waals surface area (Å²) in [6.07, 6.45) is 2.49. The maximum atomic E-state index is 13.8. The number of oxime groups is 1. The molecule has 8 heteroatoms. The van der Waals surface area contributed by atoms with Crippen molar-refractivity contribution in [2.24, 2.45) is 5.16 Å². The number of rotatable bonds is 6. The molecule has 0 aliphatic heterocycles. The molecule has 132 valence electrons. The number of aromatic nitrogens is 2. The van der Waals surface area contributed by atoms with Crippen LogP contribution in [0.3, 0.4) is 0 Å². The van der Waals surface area contributed by atoms with E-state index in [1.807, 2.05) is 12.1 Å². The Hall–Kier alpha value is -2.70. The highest BCUT2D eigenvalue weighted by Gasteiger charge is 2.08. The number of nitrogens with zero attached hydrogens (tertiary/aromatic N) is 3. The predicted octanol–water partition coefficient (Wildman–Crippen LogP) is 4.95. The molecule has 0 saturated heterocycles. The largest absolute Gasteiger partial charge is 0.363 e. The Labute approximate surface area is 159 Å². The summed E-state index contributed by atoms with van der Waals surface area (Å²) < 4.78 is 13.8. The number of anilines is 1. The molecule has 1 aromatic heterocycles. The first-order chi connectivity index (χ1) is 12.6. The van der Waals surface area contributed by atoms with E-state index in [2.05, 4.69) is 20.4 Å². The molecule has 26 heavy (non-hydrogen) atoms. The molecule has 0 unspecified atom stereocenters. The van der Waals surface area contributed by atoms with Gasteiger partial charge in [0.15, 0.2) is 11.6 Å². The van der Waals surface area contributed by atoms with Crippen molar-refractivity contribution >= 4 is 35.2 Å². The van der Waals surface area contributed by atoms with E-state index in [1.54, 1.807) is 36.4 Å². The molecule has 5 nitrogen and oxygen atoms in total. The summed E-state index contributed by atoms with van der Waals surface area (Å²) in [6, 6.07) is 14.1. The second-order valence-corrected chi connectivity index (χ2v) is 6.08. The standard InChI is InChI=1S/C18H13Cl2FN4O/c19-14-5-1-12(2-6-14)9-22-17-16(21)11-23-18(25-17)26-24-10-13-3-7-15(20)8-4-13/h1-8,10-11H,9H2,(H,22,23,25). The second kappa shape index (κ2) is 8.60. The third-order valence-corrected chi connectivity index (χ3v) is 3.81. The average molecular weight is 391 g/mol. The summed E-state index contributed by atoms with van der Waals surface area (Å²) in [5.74, 6) is -0.570. The fourth-order valence-corrected chi connectivity index (χ4v) is 2.24. The van der Waals surface area contributed by atoms with Crippen LogP contribution in [0.1, 0.15) is 11.1 Å². The lowest BCUT2D eigenvalue weighted by molar-refractivity contribution is 0.314. The van der Waals surface area contributed by atoms with Crippen LogP contribution in [0.4, 0.5) is 10.2 Å². The van der Waals surface area contributed by atoms with Gasteiger partial charge < -0.3 is 10.2 Å². The SMILES string of the molecule is Fc1cnc(ON=Cc2ccc(Cl)cc2)nc1NCc1ccc(Cl)cc1. The Balaban J connectivity index is 1.63. The van der Waals surface area contributed by atoms with Crippen LogP contribution < -0.4 is 10.2 Å². The van der Waals surface area contributed by atoms with Crippen molar-refractivity contribution in [1.29, 1.82) is 0 Å². The van der Waals surface area contributed by atoms with E-state index in [0.717, 1.165) is 17.3 Å². The summed E-state index contributed by atoms with van der Waals surface area (Å²) in [7, 11) is 0. The smallest absolute Gasteiger partial charge is 0.347 e. The van der Waals surface area contributed by atoms with Gasteiger partial charge in [-0.1, -0.05) is 52.6 Å². The first-order valence-corrected chi connectivity index (χ1v) is 8.32. The van der Waals surface area contributed by atoms with Crippen LogP contribution in [0, 0.1) is 5.82 Å². The van der Waals surface area contributed by atoms with Crippen molar-refractivity contribution < 1.29 is 9.23 Å². The number of benzene rings is 2. The van der Waals surface area contributed by atoms with E-state index < -0.39 is 5.82 Å². The highest BCUT2D eigenvalue weighted by molar-refractivity contribution is 6.30. The van der Waals surface area contributed by atoms with E-state index in [4.69, 9.17) is 28.0 Å². The van der Waals surface area contributed by atoms with Crippen LogP contribution in [-0.4, -0.2) is 16.2 Å². The first-order valence-electron chi connectivity index (χ1n) is 7.57. The summed E-state index contributed by atoms with van der Waals surface area (Å²) >= 11 is 11.6. The lowest BCUT2D eigenvalue weighted by Crippen LogP contribution is -2.05. The predicted molar refractivity (Wildman–Crippen MR) is 100 cm³/mol. The van der Waals surface area contributed by atoms with Gasteiger partial charge in [0.05, 0.1) is 12.4 Å². The third-order valence-electron chi connectivity index (χ3n) is 3.30. The number of hydrogen-bond acceptors (Lipinski definition) is 5.